The fourth-order valence-electron chi connectivity index (χ4n) is 3.96. The predicted molar refractivity (Wildman–Crippen MR) is 115 cm³/mol. The van der Waals surface area contributed by atoms with Crippen molar-refractivity contribution in [2.24, 2.45) is 0 Å². The van der Waals surface area contributed by atoms with Crippen LogP contribution >= 0.6 is 0 Å². The Morgan fingerprint density at radius 3 is 2.62 bits per heavy atom. The monoisotopic (exact) mass is 450 g/mol. The third kappa shape index (κ3) is 5.78. The van der Waals surface area contributed by atoms with E-state index in [9.17, 15) is 30.5 Å². The number of likely N-dealkylation sites (tertiary alicyclic amines) is 1. The van der Waals surface area contributed by atoms with Gasteiger partial charge in [0, 0.05) is 19.2 Å². The zero-order valence-electron chi connectivity index (χ0n) is 17.7. The summed E-state index contributed by atoms with van der Waals surface area (Å²) in [6, 6.07) is 4.14. The molecule has 176 valence electrons. The lowest BCUT2D eigenvalue weighted by atomic mass is 9.94. The Bertz CT molecular complexity index is 866. The number of aromatic nitrogens is 3. The van der Waals surface area contributed by atoms with Gasteiger partial charge in [-0.3, -0.25) is 15.0 Å². The number of aliphatic hydroxyl groups is 4. The van der Waals surface area contributed by atoms with Gasteiger partial charge in [0.2, 0.25) is 0 Å². The summed E-state index contributed by atoms with van der Waals surface area (Å²) in [6.45, 7) is 1.07. The van der Waals surface area contributed by atoms with Crippen molar-refractivity contribution in [1.82, 2.24) is 19.7 Å². The standard InChI is InChI=1S/C20H30N6O6/c27-11-17-19(29)20(30)18(28)10-24(17)8-4-2-1-3-7-22-15-9-14(25-13-21-12-23-25)5-6-16(15)26(31)32/h5-6,9,12-13,17-20,22,27-30H,1-4,7-8,10-11H2/t17-,18+,19-,20-/m1/s1. The lowest BCUT2D eigenvalue weighted by molar-refractivity contribution is -0.384. The molecule has 3 rings (SSSR count). The number of nitrogens with one attached hydrogen (secondary N) is 1. The Morgan fingerprint density at radius 1 is 1.16 bits per heavy atom. The van der Waals surface area contributed by atoms with Crippen LogP contribution in [-0.4, -0.2) is 95.6 Å². The molecule has 1 saturated heterocycles. The molecule has 32 heavy (non-hydrogen) atoms. The molecule has 0 spiro atoms. The summed E-state index contributed by atoms with van der Waals surface area (Å²) in [5, 5.41) is 57.6. The van der Waals surface area contributed by atoms with Gasteiger partial charge in [0.05, 0.1) is 29.4 Å². The second kappa shape index (κ2) is 11.3. The molecule has 1 fully saturated rings. The molecule has 0 aliphatic carbocycles. The van der Waals surface area contributed by atoms with Crippen LogP contribution in [0.1, 0.15) is 25.7 Å². The molecule has 1 aromatic carbocycles. The molecule has 2 aromatic rings. The van der Waals surface area contributed by atoms with E-state index >= 15 is 0 Å². The Balaban J connectivity index is 1.43. The number of hydrogen-bond acceptors (Lipinski definition) is 10. The van der Waals surface area contributed by atoms with Crippen molar-refractivity contribution in [2.75, 3.05) is 31.6 Å². The molecule has 1 aliphatic rings. The van der Waals surface area contributed by atoms with Crippen molar-refractivity contribution in [3.63, 3.8) is 0 Å². The fourth-order valence-corrected chi connectivity index (χ4v) is 3.96. The number of hydrogen-bond donors (Lipinski definition) is 5. The molecule has 12 nitrogen and oxygen atoms in total. The van der Waals surface area contributed by atoms with Crippen LogP contribution in [0.4, 0.5) is 11.4 Å². The van der Waals surface area contributed by atoms with E-state index in [-0.39, 0.29) is 18.8 Å². The van der Waals surface area contributed by atoms with Gasteiger partial charge in [0.1, 0.15) is 30.5 Å². The van der Waals surface area contributed by atoms with Crippen LogP contribution in [-0.2, 0) is 0 Å². The van der Waals surface area contributed by atoms with Crippen molar-refractivity contribution in [1.29, 1.82) is 0 Å². The van der Waals surface area contributed by atoms with Gasteiger partial charge in [-0.05, 0) is 31.5 Å². The maximum Gasteiger partial charge on any atom is 0.292 e. The summed E-state index contributed by atoms with van der Waals surface area (Å²) >= 11 is 0. The predicted octanol–water partition coefficient (Wildman–Crippen LogP) is -0.0930. The smallest absolute Gasteiger partial charge is 0.292 e. The van der Waals surface area contributed by atoms with Crippen LogP contribution in [0.2, 0.25) is 0 Å². The van der Waals surface area contributed by atoms with Crippen LogP contribution in [0.15, 0.2) is 30.9 Å². The number of aliphatic hydroxyl groups excluding tert-OH is 4. The number of rotatable bonds is 11. The third-order valence-corrected chi connectivity index (χ3v) is 5.76. The largest absolute Gasteiger partial charge is 0.395 e. The van der Waals surface area contributed by atoms with E-state index in [0.29, 0.717) is 24.5 Å². The van der Waals surface area contributed by atoms with E-state index in [1.807, 2.05) is 0 Å². The summed E-state index contributed by atoms with van der Waals surface area (Å²) in [4.78, 5) is 16.6. The van der Waals surface area contributed by atoms with E-state index in [1.54, 1.807) is 17.0 Å². The topological polar surface area (TPSA) is 170 Å². The first kappa shape index (κ1) is 24.0. The maximum atomic E-state index is 11.3. The molecule has 0 saturated carbocycles. The second-order valence-electron chi connectivity index (χ2n) is 7.93. The SMILES string of the molecule is O=[N+]([O-])c1ccc(-n2cncn2)cc1NCCCCCCN1C[C@H](O)[C@@H](O)[C@H](O)[C@H]1CO. The Hall–Kier alpha value is -2.64. The van der Waals surface area contributed by atoms with Gasteiger partial charge < -0.3 is 25.7 Å². The van der Waals surface area contributed by atoms with Crippen LogP contribution in [0, 0.1) is 10.1 Å². The van der Waals surface area contributed by atoms with E-state index in [4.69, 9.17) is 0 Å². The molecule has 1 aliphatic heterocycles. The molecule has 4 atom stereocenters. The normalized spacial score (nSPS) is 23.9. The van der Waals surface area contributed by atoms with Crippen molar-refractivity contribution < 1.29 is 25.3 Å². The molecular formula is C20H30N6O6. The van der Waals surface area contributed by atoms with Gasteiger partial charge in [-0.2, -0.15) is 5.10 Å². The highest BCUT2D eigenvalue weighted by atomic mass is 16.6. The zero-order valence-corrected chi connectivity index (χ0v) is 17.7. The highest BCUT2D eigenvalue weighted by Gasteiger charge is 2.40. The molecule has 0 bridgehead atoms. The number of β-amino-alcohol motifs (C(OH)–C–C–N with tert-alkyl or cyclic N) is 1. The van der Waals surface area contributed by atoms with Crippen molar-refractivity contribution >= 4 is 11.4 Å². The van der Waals surface area contributed by atoms with E-state index < -0.39 is 29.3 Å². The number of benzene rings is 1. The first-order chi connectivity index (χ1) is 15.4. The third-order valence-electron chi connectivity index (χ3n) is 5.76. The average Bonchev–Trinajstić information content (AvgIpc) is 3.32. The quantitative estimate of drug-likeness (QED) is 0.177. The lowest BCUT2D eigenvalue weighted by Crippen LogP contribution is -2.62. The molecule has 0 radical (unpaired) electrons. The maximum absolute atomic E-state index is 11.3. The Labute approximate surface area is 185 Å². The molecule has 1 aromatic heterocycles. The number of nitro benzene ring substituents is 1. The summed E-state index contributed by atoms with van der Waals surface area (Å²) in [7, 11) is 0. The molecule has 12 heteroatoms. The van der Waals surface area contributed by atoms with E-state index in [0.717, 1.165) is 25.7 Å². The average molecular weight is 450 g/mol. The molecular weight excluding hydrogens is 420 g/mol. The van der Waals surface area contributed by atoms with Crippen LogP contribution < -0.4 is 5.32 Å². The van der Waals surface area contributed by atoms with Gasteiger partial charge in [-0.1, -0.05) is 12.8 Å². The highest BCUT2D eigenvalue weighted by Crippen LogP contribution is 2.27. The molecule has 2 heterocycles. The van der Waals surface area contributed by atoms with E-state index in [2.05, 4.69) is 15.4 Å². The minimum Gasteiger partial charge on any atom is -0.395 e. The van der Waals surface area contributed by atoms with E-state index in [1.165, 1.54) is 23.4 Å². The molecule has 0 amide bonds. The van der Waals surface area contributed by atoms with Crippen molar-refractivity contribution in [3.05, 3.63) is 41.0 Å². The minimum atomic E-state index is -1.25. The minimum absolute atomic E-state index is 0.00619. The fraction of sp³-hybridized carbons (Fsp3) is 0.600. The lowest BCUT2D eigenvalue weighted by Gasteiger charge is -2.43. The van der Waals surface area contributed by atoms with Gasteiger partial charge in [0.25, 0.3) is 5.69 Å². The summed E-state index contributed by atoms with van der Waals surface area (Å²) in [5.41, 5.74) is 1.09. The summed E-state index contributed by atoms with van der Waals surface area (Å²) in [6.07, 6.45) is 2.81. The second-order valence-corrected chi connectivity index (χ2v) is 7.93. The van der Waals surface area contributed by atoms with Crippen LogP contribution in [0.3, 0.4) is 0 Å². The van der Waals surface area contributed by atoms with Gasteiger partial charge in [-0.15, -0.1) is 0 Å². The van der Waals surface area contributed by atoms with Gasteiger partial charge in [0.15, 0.2) is 0 Å². The van der Waals surface area contributed by atoms with Crippen LogP contribution in [0.25, 0.3) is 5.69 Å². The molecule has 0 unspecified atom stereocenters. The molecule has 5 N–H and O–H groups in total. The van der Waals surface area contributed by atoms with Gasteiger partial charge >= 0.3 is 0 Å². The Morgan fingerprint density at radius 2 is 1.94 bits per heavy atom. The highest BCUT2D eigenvalue weighted by molar-refractivity contribution is 5.65. The summed E-state index contributed by atoms with van der Waals surface area (Å²) in [5.74, 6) is 0. The number of piperidine rings is 1. The first-order valence-electron chi connectivity index (χ1n) is 10.7. The number of nitro groups is 1. The van der Waals surface area contributed by atoms with Crippen molar-refractivity contribution in [2.45, 2.75) is 50.0 Å². The van der Waals surface area contributed by atoms with Gasteiger partial charge in [-0.25, -0.2) is 9.67 Å². The Kier molecular flexibility index (Phi) is 8.47. The van der Waals surface area contributed by atoms with Crippen LogP contribution in [0.5, 0.6) is 0 Å². The number of anilines is 1. The number of nitrogens with zero attached hydrogens (tertiary/aromatic N) is 5. The van der Waals surface area contributed by atoms with Crippen molar-refractivity contribution in [3.8, 4) is 5.69 Å². The zero-order chi connectivity index (χ0) is 23.1. The number of unbranched alkanes of at least 4 members (excludes halogenated alkanes) is 3. The first-order valence-corrected chi connectivity index (χ1v) is 10.7. The summed E-state index contributed by atoms with van der Waals surface area (Å²) < 4.78 is 1.53.